The first-order valence-corrected chi connectivity index (χ1v) is 9.42. The molecule has 0 amide bonds. The van der Waals surface area contributed by atoms with Gasteiger partial charge in [0.15, 0.2) is 5.79 Å². The molecule has 1 aliphatic rings. The molecule has 0 radical (unpaired) electrons. The molecule has 1 aliphatic heterocycles. The van der Waals surface area contributed by atoms with Crippen molar-refractivity contribution < 1.29 is 4.39 Å². The maximum Gasteiger partial charge on any atom is 0.183 e. The Bertz CT molecular complexity index is 1020. The smallest absolute Gasteiger partial charge is 0.183 e. The third-order valence-corrected chi connectivity index (χ3v) is 5.07. The fourth-order valence-corrected chi connectivity index (χ4v) is 3.51. The first-order chi connectivity index (χ1) is 13.5. The fraction of sp³-hybridized carbons (Fsp3) is 0.227. The van der Waals surface area contributed by atoms with Crippen LogP contribution >= 0.6 is 0 Å². The zero-order valence-corrected chi connectivity index (χ0v) is 15.7. The minimum atomic E-state index is -0.892. The summed E-state index contributed by atoms with van der Waals surface area (Å²) in [6, 6.07) is 15.1. The summed E-state index contributed by atoms with van der Waals surface area (Å²) >= 11 is 0. The second-order valence-electron chi connectivity index (χ2n) is 7.19. The Morgan fingerprint density at radius 1 is 1.21 bits per heavy atom. The number of allylic oxidation sites excluding steroid dienone is 1. The van der Waals surface area contributed by atoms with E-state index >= 15 is 0 Å². The van der Waals surface area contributed by atoms with Crippen LogP contribution in [0.5, 0.6) is 0 Å². The van der Waals surface area contributed by atoms with Gasteiger partial charge in [0, 0.05) is 35.8 Å². The maximum atomic E-state index is 13.4. The van der Waals surface area contributed by atoms with Crippen LogP contribution in [0.1, 0.15) is 30.5 Å². The molecule has 0 aliphatic carbocycles. The van der Waals surface area contributed by atoms with E-state index in [1.165, 1.54) is 17.7 Å². The van der Waals surface area contributed by atoms with Crippen LogP contribution in [0.25, 0.3) is 10.9 Å². The van der Waals surface area contributed by atoms with Gasteiger partial charge < -0.3 is 15.6 Å². The van der Waals surface area contributed by atoms with Crippen molar-refractivity contribution in [1.29, 1.82) is 0 Å². The van der Waals surface area contributed by atoms with Crippen LogP contribution in [0, 0.1) is 5.82 Å². The van der Waals surface area contributed by atoms with Crippen molar-refractivity contribution in [3.63, 3.8) is 0 Å². The number of rotatable bonds is 6. The number of nitrogens with two attached hydrogens (primary N) is 1. The predicted molar refractivity (Wildman–Crippen MR) is 111 cm³/mol. The molecule has 0 saturated carbocycles. The quantitative estimate of drug-likeness (QED) is 0.529. The second-order valence-corrected chi connectivity index (χ2v) is 7.19. The molecular weight excluding hydrogens is 353 g/mol. The summed E-state index contributed by atoms with van der Waals surface area (Å²) in [5.74, 6) is -0.296. The molecular formula is C22H24FN5. The van der Waals surface area contributed by atoms with E-state index in [2.05, 4.69) is 39.7 Å². The number of hydrogen-bond acceptors (Lipinski definition) is 4. The molecule has 3 aromatic rings. The number of nitrogens with one attached hydrogen (secondary N) is 3. The van der Waals surface area contributed by atoms with Crippen LogP contribution in [-0.4, -0.2) is 17.0 Å². The summed E-state index contributed by atoms with van der Waals surface area (Å²) in [4.78, 5) is 7.56. The number of hydrogen-bond donors (Lipinski definition) is 4. The van der Waals surface area contributed by atoms with Gasteiger partial charge in [-0.25, -0.2) is 4.39 Å². The van der Waals surface area contributed by atoms with Crippen molar-refractivity contribution >= 4 is 17.1 Å². The van der Waals surface area contributed by atoms with Gasteiger partial charge in [0.05, 0.1) is 0 Å². The van der Waals surface area contributed by atoms with Crippen LogP contribution in [0.4, 0.5) is 4.39 Å². The van der Waals surface area contributed by atoms with Crippen LogP contribution in [0.2, 0.25) is 0 Å². The molecule has 5 N–H and O–H groups in total. The molecule has 144 valence electrons. The number of halogens is 1. The van der Waals surface area contributed by atoms with Gasteiger partial charge in [-0.05, 0) is 48.7 Å². The molecule has 5 nitrogen and oxygen atoms in total. The highest BCUT2D eigenvalue weighted by atomic mass is 19.1. The zero-order valence-electron chi connectivity index (χ0n) is 15.7. The van der Waals surface area contributed by atoms with Gasteiger partial charge in [-0.1, -0.05) is 30.3 Å². The number of aromatic amines is 1. The van der Waals surface area contributed by atoms with Crippen molar-refractivity contribution in [2.75, 3.05) is 0 Å². The summed E-state index contributed by atoms with van der Waals surface area (Å²) < 4.78 is 13.4. The van der Waals surface area contributed by atoms with Crippen LogP contribution in [-0.2, 0) is 6.42 Å². The van der Waals surface area contributed by atoms with E-state index in [1.54, 1.807) is 12.3 Å². The van der Waals surface area contributed by atoms with E-state index in [0.29, 0.717) is 12.8 Å². The third kappa shape index (κ3) is 3.92. The van der Waals surface area contributed by atoms with E-state index in [9.17, 15) is 4.39 Å². The molecule has 0 spiro atoms. The van der Waals surface area contributed by atoms with Crippen LogP contribution < -0.4 is 16.4 Å². The molecule has 0 fully saturated rings. The van der Waals surface area contributed by atoms with Gasteiger partial charge in [0.25, 0.3) is 0 Å². The lowest BCUT2D eigenvalue weighted by molar-refractivity contribution is 0.339. The minimum absolute atomic E-state index is 0.138. The topological polar surface area (TPSA) is 78.2 Å². The van der Waals surface area contributed by atoms with Gasteiger partial charge in [-0.2, -0.15) is 0 Å². The van der Waals surface area contributed by atoms with Gasteiger partial charge in [-0.3, -0.25) is 10.7 Å². The Morgan fingerprint density at radius 2 is 2.04 bits per heavy atom. The molecule has 2 aromatic carbocycles. The first-order valence-electron chi connectivity index (χ1n) is 9.42. The molecule has 1 aromatic heterocycles. The summed E-state index contributed by atoms with van der Waals surface area (Å²) in [6.07, 6.45) is 6.85. The van der Waals surface area contributed by atoms with Crippen molar-refractivity contribution in [2.24, 2.45) is 10.7 Å². The lowest BCUT2D eigenvalue weighted by atomic mass is 10.0. The van der Waals surface area contributed by atoms with Gasteiger partial charge in [-0.15, -0.1) is 0 Å². The number of fused-ring (bicyclic) bond motifs is 1. The highest BCUT2D eigenvalue weighted by molar-refractivity contribution is 5.83. The summed E-state index contributed by atoms with van der Waals surface area (Å²) in [6.45, 7) is 2.10. The first kappa shape index (κ1) is 18.3. The number of benzene rings is 2. The van der Waals surface area contributed by atoms with E-state index in [1.807, 2.05) is 30.5 Å². The molecule has 28 heavy (non-hydrogen) atoms. The average molecular weight is 377 g/mol. The molecule has 6 heteroatoms. The Balaban J connectivity index is 1.41. The Hall–Kier alpha value is -3.12. The highest BCUT2D eigenvalue weighted by Gasteiger charge is 2.26. The van der Waals surface area contributed by atoms with E-state index < -0.39 is 5.79 Å². The number of nitrogens with zero attached hydrogens (tertiary/aromatic N) is 1. The van der Waals surface area contributed by atoms with Crippen molar-refractivity contribution in [3.8, 4) is 0 Å². The normalized spacial score (nSPS) is 19.9. The highest BCUT2D eigenvalue weighted by Crippen LogP contribution is 2.23. The SMILES string of the molecule is CC(NC1=CC=NC(N)(CCc2c[nH]c3cc(F)ccc23)N1)c1ccccc1. The molecule has 0 saturated heterocycles. The lowest BCUT2D eigenvalue weighted by Gasteiger charge is -2.32. The van der Waals surface area contributed by atoms with Crippen molar-refractivity contribution in [1.82, 2.24) is 15.6 Å². The Kier molecular flexibility index (Phi) is 4.88. The number of aromatic nitrogens is 1. The molecule has 4 rings (SSSR count). The number of aryl methyl sites for hydroxylation is 1. The molecule has 0 bridgehead atoms. The van der Waals surface area contributed by atoms with Gasteiger partial charge in [0.1, 0.15) is 11.6 Å². The number of H-pyrrole nitrogens is 1. The van der Waals surface area contributed by atoms with Crippen LogP contribution in [0.3, 0.4) is 0 Å². The van der Waals surface area contributed by atoms with Crippen LogP contribution in [0.15, 0.2) is 71.6 Å². The standard InChI is InChI=1S/C22H24FN5/c1-15(16-5-3-2-4-6-16)27-21-10-12-26-22(24,28-21)11-9-17-14-25-20-13-18(23)7-8-19(17)20/h2-8,10,12-15,25,27-28H,9,11,24H2,1H3. The fourth-order valence-electron chi connectivity index (χ4n) is 3.51. The van der Waals surface area contributed by atoms with E-state index in [4.69, 9.17) is 5.73 Å². The van der Waals surface area contributed by atoms with Crippen molar-refractivity contribution in [3.05, 3.63) is 83.6 Å². The largest absolute Gasteiger partial charge is 0.365 e. The minimum Gasteiger partial charge on any atom is -0.365 e. The Morgan fingerprint density at radius 3 is 2.86 bits per heavy atom. The van der Waals surface area contributed by atoms with Crippen molar-refractivity contribution in [2.45, 2.75) is 31.6 Å². The zero-order chi connectivity index (χ0) is 19.6. The Labute approximate surface area is 163 Å². The third-order valence-electron chi connectivity index (χ3n) is 5.07. The summed E-state index contributed by atoms with van der Waals surface area (Å²) in [5.41, 5.74) is 9.57. The molecule has 2 unspecified atom stereocenters. The molecule has 2 atom stereocenters. The maximum absolute atomic E-state index is 13.4. The van der Waals surface area contributed by atoms with E-state index in [0.717, 1.165) is 22.3 Å². The molecule has 2 heterocycles. The van der Waals surface area contributed by atoms with Gasteiger partial charge in [0.2, 0.25) is 0 Å². The monoisotopic (exact) mass is 377 g/mol. The predicted octanol–water partition coefficient (Wildman–Crippen LogP) is 3.72. The lowest BCUT2D eigenvalue weighted by Crippen LogP contribution is -2.55. The number of aliphatic imine (C=N–C) groups is 1. The second kappa shape index (κ2) is 7.48. The summed E-state index contributed by atoms with van der Waals surface area (Å²) in [7, 11) is 0. The average Bonchev–Trinajstić information content (AvgIpc) is 3.09. The van der Waals surface area contributed by atoms with Gasteiger partial charge >= 0.3 is 0 Å². The summed E-state index contributed by atoms with van der Waals surface area (Å²) in [5, 5.41) is 7.77. The van der Waals surface area contributed by atoms with E-state index in [-0.39, 0.29) is 11.9 Å².